The van der Waals surface area contributed by atoms with Gasteiger partial charge < -0.3 is 4.90 Å². The smallest absolute Gasteiger partial charge is 0.294 e. The minimum absolute atomic E-state index is 0.244. The molecule has 0 radical (unpaired) electrons. The van der Waals surface area contributed by atoms with Crippen LogP contribution >= 0.6 is 35.0 Å². The Morgan fingerprint density at radius 1 is 1.00 bits per heavy atom. The number of thioether (sulfide) groups is 1. The first-order valence-corrected chi connectivity index (χ1v) is 10.9. The minimum Gasteiger partial charge on any atom is -0.369 e. The Balaban J connectivity index is 1.38. The fourth-order valence-electron chi connectivity index (χ4n) is 3.38. The van der Waals surface area contributed by atoms with Gasteiger partial charge in [0.25, 0.3) is 11.1 Å². The van der Waals surface area contributed by atoms with E-state index in [4.69, 9.17) is 23.2 Å². The van der Waals surface area contributed by atoms with Crippen LogP contribution in [-0.2, 0) is 4.79 Å². The maximum absolute atomic E-state index is 13.1. The van der Waals surface area contributed by atoms with E-state index in [1.165, 1.54) is 17.0 Å². The highest BCUT2D eigenvalue weighted by atomic mass is 35.5. The van der Waals surface area contributed by atoms with E-state index in [1.54, 1.807) is 36.4 Å². The van der Waals surface area contributed by atoms with Gasteiger partial charge in [-0.25, -0.2) is 4.39 Å². The topological polar surface area (TPSA) is 43.9 Å². The number of benzene rings is 2. The van der Waals surface area contributed by atoms with Crippen molar-refractivity contribution in [2.45, 2.75) is 0 Å². The van der Waals surface area contributed by atoms with Crippen LogP contribution in [0.4, 0.5) is 14.9 Å². The molecule has 4 rings (SSSR count). The summed E-state index contributed by atoms with van der Waals surface area (Å²) in [5.41, 5.74) is 1.60. The van der Waals surface area contributed by atoms with Crippen LogP contribution in [0.15, 0.2) is 47.4 Å². The second kappa shape index (κ2) is 8.98. The summed E-state index contributed by atoms with van der Waals surface area (Å²) >= 11 is 13.0. The molecule has 0 aliphatic carbocycles. The predicted octanol–water partition coefficient (Wildman–Crippen LogP) is 4.95. The molecule has 0 spiro atoms. The van der Waals surface area contributed by atoms with Crippen molar-refractivity contribution in [1.29, 1.82) is 0 Å². The number of rotatable bonds is 4. The lowest BCUT2D eigenvalue weighted by atomic mass is 10.2. The molecule has 9 heteroatoms. The van der Waals surface area contributed by atoms with Gasteiger partial charge in [0.2, 0.25) is 0 Å². The van der Waals surface area contributed by atoms with Crippen LogP contribution < -0.4 is 4.90 Å². The Labute approximate surface area is 188 Å². The molecule has 2 heterocycles. The first kappa shape index (κ1) is 21.2. The first-order valence-electron chi connectivity index (χ1n) is 9.34. The van der Waals surface area contributed by atoms with E-state index in [1.807, 2.05) is 0 Å². The maximum atomic E-state index is 13.1. The Morgan fingerprint density at radius 2 is 1.70 bits per heavy atom. The molecule has 156 valence electrons. The highest BCUT2D eigenvalue weighted by Gasteiger charge is 2.36. The molecule has 2 aromatic carbocycles. The van der Waals surface area contributed by atoms with Crippen molar-refractivity contribution in [1.82, 2.24) is 9.80 Å². The molecule has 30 heavy (non-hydrogen) atoms. The molecule has 0 atom stereocenters. The third kappa shape index (κ3) is 4.64. The van der Waals surface area contributed by atoms with Crippen LogP contribution in [0.5, 0.6) is 0 Å². The van der Waals surface area contributed by atoms with Crippen molar-refractivity contribution in [2.24, 2.45) is 0 Å². The maximum Gasteiger partial charge on any atom is 0.294 e. The van der Waals surface area contributed by atoms with E-state index in [9.17, 15) is 14.0 Å². The lowest BCUT2D eigenvalue weighted by Crippen LogP contribution is -2.50. The molecule has 5 nitrogen and oxygen atoms in total. The zero-order chi connectivity index (χ0) is 21.3. The molecule has 0 saturated carbocycles. The molecule has 0 bridgehead atoms. The number of halogens is 3. The molecule has 2 saturated heterocycles. The van der Waals surface area contributed by atoms with E-state index in [0.29, 0.717) is 33.6 Å². The molecular weight excluding hydrogens is 448 g/mol. The van der Waals surface area contributed by atoms with Gasteiger partial charge in [-0.2, -0.15) is 0 Å². The number of carbonyl (C=O) groups is 2. The number of hydrogen-bond donors (Lipinski definition) is 0. The summed E-state index contributed by atoms with van der Waals surface area (Å²) in [4.78, 5) is 31.0. The number of hydrogen-bond acceptors (Lipinski definition) is 5. The summed E-state index contributed by atoms with van der Waals surface area (Å²) in [7, 11) is 0. The third-order valence-electron chi connectivity index (χ3n) is 5.03. The van der Waals surface area contributed by atoms with Crippen molar-refractivity contribution in [3.8, 4) is 0 Å². The minimum atomic E-state index is -0.322. The van der Waals surface area contributed by atoms with Gasteiger partial charge in [-0.15, -0.1) is 0 Å². The second-order valence-corrected chi connectivity index (χ2v) is 8.84. The van der Waals surface area contributed by atoms with Gasteiger partial charge in [0, 0.05) is 41.9 Å². The van der Waals surface area contributed by atoms with E-state index < -0.39 is 0 Å². The molecule has 2 aliphatic rings. The normalized spacial score (nSPS) is 19.2. The average Bonchev–Trinajstić information content (AvgIpc) is 2.99. The van der Waals surface area contributed by atoms with E-state index in [2.05, 4.69) is 9.80 Å². The fraction of sp³-hybridized carbons (Fsp3) is 0.238. The predicted molar refractivity (Wildman–Crippen MR) is 119 cm³/mol. The zero-order valence-corrected chi connectivity index (χ0v) is 18.2. The molecular formula is C21H18Cl2FN3O2S. The van der Waals surface area contributed by atoms with E-state index in [0.717, 1.165) is 30.5 Å². The summed E-state index contributed by atoms with van der Waals surface area (Å²) < 4.78 is 13.1. The standard InChI is InChI=1S/C21H18Cl2FN3O2S/c22-15-2-1-14(18(23)12-15)11-19-20(28)27(21(29)30-19)13-25-7-9-26(10-8-25)17-5-3-16(24)4-6-17/h1-6,11-12H,7-10,13H2. The highest BCUT2D eigenvalue weighted by molar-refractivity contribution is 8.18. The van der Waals surface area contributed by atoms with Crippen LogP contribution in [0.3, 0.4) is 0 Å². The van der Waals surface area contributed by atoms with Gasteiger partial charge in [-0.3, -0.25) is 19.4 Å². The summed E-state index contributed by atoms with van der Waals surface area (Å²) in [6.07, 6.45) is 1.62. The van der Waals surface area contributed by atoms with Crippen molar-refractivity contribution in [3.05, 3.63) is 68.8 Å². The number of imide groups is 1. The monoisotopic (exact) mass is 465 g/mol. The van der Waals surface area contributed by atoms with Crippen LogP contribution in [0.25, 0.3) is 6.08 Å². The Bertz CT molecular complexity index is 1010. The lowest BCUT2D eigenvalue weighted by molar-refractivity contribution is -0.124. The summed E-state index contributed by atoms with van der Waals surface area (Å²) in [5, 5.41) is 0.633. The number of piperazine rings is 1. The van der Waals surface area contributed by atoms with Crippen LogP contribution in [-0.4, -0.2) is 53.8 Å². The largest absolute Gasteiger partial charge is 0.369 e. The van der Waals surface area contributed by atoms with E-state index >= 15 is 0 Å². The second-order valence-electron chi connectivity index (χ2n) is 7.00. The quantitative estimate of drug-likeness (QED) is 0.597. The Hall–Kier alpha value is -2.06. The molecule has 0 unspecified atom stereocenters. The molecule has 0 N–H and O–H groups in total. The first-order chi connectivity index (χ1) is 14.4. The van der Waals surface area contributed by atoms with Crippen molar-refractivity contribution >= 4 is 57.9 Å². The SMILES string of the molecule is O=C1SC(=Cc2ccc(Cl)cc2Cl)C(=O)N1CN1CCN(c2ccc(F)cc2)CC1. The molecule has 2 fully saturated rings. The van der Waals surface area contributed by atoms with Crippen molar-refractivity contribution in [3.63, 3.8) is 0 Å². The number of nitrogens with zero attached hydrogens (tertiary/aromatic N) is 3. The third-order valence-corrected chi connectivity index (χ3v) is 6.50. The molecule has 2 aromatic rings. The van der Waals surface area contributed by atoms with Crippen LogP contribution in [0, 0.1) is 5.82 Å². The molecule has 2 aliphatic heterocycles. The summed E-state index contributed by atoms with van der Waals surface area (Å²) in [6.45, 7) is 3.10. The molecule has 2 amide bonds. The number of amides is 2. The summed E-state index contributed by atoms with van der Waals surface area (Å²) in [5.74, 6) is -0.582. The summed E-state index contributed by atoms with van der Waals surface area (Å²) in [6, 6.07) is 11.4. The van der Waals surface area contributed by atoms with Crippen LogP contribution in [0.1, 0.15) is 5.56 Å². The van der Waals surface area contributed by atoms with Gasteiger partial charge >= 0.3 is 0 Å². The van der Waals surface area contributed by atoms with Crippen molar-refractivity contribution in [2.75, 3.05) is 37.7 Å². The Morgan fingerprint density at radius 3 is 2.37 bits per heavy atom. The van der Waals surface area contributed by atoms with Gasteiger partial charge in [-0.1, -0.05) is 29.3 Å². The van der Waals surface area contributed by atoms with Gasteiger partial charge in [0.1, 0.15) is 5.82 Å². The number of carbonyl (C=O) groups excluding carboxylic acids is 2. The van der Waals surface area contributed by atoms with Gasteiger partial charge in [0.05, 0.1) is 11.6 Å². The van der Waals surface area contributed by atoms with Crippen LogP contribution in [0.2, 0.25) is 10.0 Å². The fourth-order valence-corrected chi connectivity index (χ4v) is 4.67. The highest BCUT2D eigenvalue weighted by Crippen LogP contribution is 2.34. The Kier molecular flexibility index (Phi) is 6.34. The average molecular weight is 466 g/mol. The molecule has 0 aromatic heterocycles. The van der Waals surface area contributed by atoms with E-state index in [-0.39, 0.29) is 23.6 Å². The van der Waals surface area contributed by atoms with Crippen molar-refractivity contribution < 1.29 is 14.0 Å². The lowest BCUT2D eigenvalue weighted by Gasteiger charge is -2.37. The number of anilines is 1. The van der Waals surface area contributed by atoms with Gasteiger partial charge in [0.15, 0.2) is 0 Å². The zero-order valence-electron chi connectivity index (χ0n) is 15.9. The van der Waals surface area contributed by atoms with Gasteiger partial charge in [-0.05, 0) is 59.8 Å².